The fourth-order valence-electron chi connectivity index (χ4n) is 2.55. The van der Waals surface area contributed by atoms with Crippen LogP contribution in [0.4, 0.5) is 4.39 Å². The molecule has 3 heteroatoms. The Balaban J connectivity index is 1.91. The molecule has 0 saturated heterocycles. The van der Waals surface area contributed by atoms with Crippen molar-refractivity contribution in [2.75, 3.05) is 0 Å². The van der Waals surface area contributed by atoms with Crippen LogP contribution in [0.2, 0.25) is 0 Å². The number of aromatic nitrogens is 1. The fraction of sp³-hybridized carbons (Fsp3) is 0.353. The number of hydrogen-bond donors (Lipinski definition) is 1. The third kappa shape index (κ3) is 2.88. The Morgan fingerprint density at radius 2 is 2.00 bits per heavy atom. The molecule has 1 fully saturated rings. The van der Waals surface area contributed by atoms with Crippen LogP contribution in [0.5, 0.6) is 0 Å². The summed E-state index contributed by atoms with van der Waals surface area (Å²) >= 11 is 0. The Bertz CT molecular complexity index is 610. The normalized spacial score (nSPS) is 14.6. The van der Waals surface area contributed by atoms with E-state index in [1.165, 1.54) is 12.8 Å². The lowest BCUT2D eigenvalue weighted by Gasteiger charge is -2.10. The van der Waals surface area contributed by atoms with Crippen LogP contribution in [0.1, 0.15) is 29.5 Å². The molecule has 1 heterocycles. The molecule has 0 spiro atoms. The Labute approximate surface area is 119 Å². The molecule has 1 aliphatic carbocycles. The second-order valence-electron chi connectivity index (χ2n) is 5.68. The van der Waals surface area contributed by atoms with Gasteiger partial charge in [-0.3, -0.25) is 4.98 Å². The quantitative estimate of drug-likeness (QED) is 0.915. The van der Waals surface area contributed by atoms with E-state index < -0.39 is 0 Å². The molecule has 0 aliphatic heterocycles. The zero-order chi connectivity index (χ0) is 14.1. The first-order valence-electron chi connectivity index (χ1n) is 7.08. The Hall–Kier alpha value is -1.74. The smallest absolute Gasteiger partial charge is 0.131 e. The number of nitrogens with one attached hydrogen (secondary N) is 1. The molecule has 1 saturated carbocycles. The summed E-state index contributed by atoms with van der Waals surface area (Å²) in [7, 11) is 0. The molecule has 0 unspecified atom stereocenters. The van der Waals surface area contributed by atoms with Crippen molar-refractivity contribution >= 4 is 0 Å². The molecule has 1 N–H and O–H groups in total. The number of halogens is 1. The molecule has 0 bridgehead atoms. The van der Waals surface area contributed by atoms with Gasteiger partial charge in [0.15, 0.2) is 0 Å². The molecule has 0 radical (unpaired) electrons. The van der Waals surface area contributed by atoms with Gasteiger partial charge in [0.1, 0.15) is 5.82 Å². The molecule has 2 nitrogen and oxygen atoms in total. The van der Waals surface area contributed by atoms with E-state index in [9.17, 15) is 4.39 Å². The van der Waals surface area contributed by atoms with Crippen LogP contribution in [0, 0.1) is 19.7 Å². The number of pyridine rings is 1. The van der Waals surface area contributed by atoms with Gasteiger partial charge in [0.25, 0.3) is 0 Å². The molecule has 104 valence electrons. The largest absolute Gasteiger partial charge is 0.310 e. The minimum atomic E-state index is -0.170. The summed E-state index contributed by atoms with van der Waals surface area (Å²) in [5.74, 6) is -0.170. The Kier molecular flexibility index (Phi) is 3.53. The van der Waals surface area contributed by atoms with E-state index in [2.05, 4.69) is 10.3 Å². The standard InChI is InChI=1S/C17H19FN2/c1-11-5-12(2)17(16(18)6-11)14-7-13(8-19-10-14)9-20-15-3-4-15/h5-8,10,15,20H,3-4,9H2,1-2H3. The van der Waals surface area contributed by atoms with Crippen LogP contribution >= 0.6 is 0 Å². The molecule has 1 aromatic carbocycles. The highest BCUT2D eigenvalue weighted by atomic mass is 19.1. The number of nitrogens with zero attached hydrogens (tertiary/aromatic N) is 1. The van der Waals surface area contributed by atoms with Crippen molar-refractivity contribution in [1.82, 2.24) is 10.3 Å². The summed E-state index contributed by atoms with van der Waals surface area (Å²) in [4.78, 5) is 4.26. The van der Waals surface area contributed by atoms with E-state index >= 15 is 0 Å². The minimum absolute atomic E-state index is 0.170. The van der Waals surface area contributed by atoms with Gasteiger partial charge in [-0.2, -0.15) is 0 Å². The van der Waals surface area contributed by atoms with Crippen molar-refractivity contribution in [2.24, 2.45) is 0 Å². The van der Waals surface area contributed by atoms with E-state index in [0.29, 0.717) is 11.6 Å². The van der Waals surface area contributed by atoms with E-state index in [1.54, 1.807) is 12.3 Å². The summed E-state index contributed by atoms with van der Waals surface area (Å²) in [5, 5.41) is 3.46. The number of benzene rings is 1. The van der Waals surface area contributed by atoms with Gasteiger partial charge in [-0.25, -0.2) is 4.39 Å². The van der Waals surface area contributed by atoms with E-state index in [4.69, 9.17) is 0 Å². The molecule has 2 aromatic rings. The van der Waals surface area contributed by atoms with Gasteiger partial charge in [0.2, 0.25) is 0 Å². The number of rotatable bonds is 4. The molecular formula is C17H19FN2. The average Bonchev–Trinajstić information content (AvgIpc) is 3.19. The highest BCUT2D eigenvalue weighted by molar-refractivity contribution is 5.68. The third-order valence-corrected chi connectivity index (χ3v) is 3.69. The van der Waals surface area contributed by atoms with Gasteiger partial charge in [-0.1, -0.05) is 6.07 Å². The van der Waals surface area contributed by atoms with Crippen molar-refractivity contribution in [1.29, 1.82) is 0 Å². The molecule has 3 rings (SSSR count). The van der Waals surface area contributed by atoms with Crippen LogP contribution in [0.25, 0.3) is 11.1 Å². The lowest BCUT2D eigenvalue weighted by Crippen LogP contribution is -2.15. The predicted octanol–water partition coefficient (Wildman–Crippen LogP) is 3.76. The van der Waals surface area contributed by atoms with Crippen LogP contribution in [0.15, 0.2) is 30.6 Å². The molecule has 0 amide bonds. The molecular weight excluding hydrogens is 251 g/mol. The van der Waals surface area contributed by atoms with Crippen molar-refractivity contribution < 1.29 is 4.39 Å². The predicted molar refractivity (Wildman–Crippen MR) is 79.0 cm³/mol. The lowest BCUT2D eigenvalue weighted by molar-refractivity contribution is 0.629. The topological polar surface area (TPSA) is 24.9 Å². The number of aryl methyl sites for hydroxylation is 2. The van der Waals surface area contributed by atoms with Gasteiger partial charge < -0.3 is 5.32 Å². The van der Waals surface area contributed by atoms with Crippen molar-refractivity contribution in [2.45, 2.75) is 39.3 Å². The van der Waals surface area contributed by atoms with Gasteiger partial charge in [-0.05, 0) is 55.5 Å². The molecule has 0 atom stereocenters. The zero-order valence-electron chi connectivity index (χ0n) is 11.9. The minimum Gasteiger partial charge on any atom is -0.310 e. The molecule has 1 aliphatic rings. The summed E-state index contributed by atoms with van der Waals surface area (Å²) in [6.45, 7) is 4.66. The Morgan fingerprint density at radius 3 is 2.70 bits per heavy atom. The van der Waals surface area contributed by atoms with Crippen molar-refractivity contribution in [3.05, 3.63) is 53.1 Å². The maximum Gasteiger partial charge on any atom is 0.131 e. The van der Waals surface area contributed by atoms with E-state index in [0.717, 1.165) is 28.8 Å². The second-order valence-corrected chi connectivity index (χ2v) is 5.68. The number of hydrogen-bond acceptors (Lipinski definition) is 2. The van der Waals surface area contributed by atoms with Crippen LogP contribution in [0.3, 0.4) is 0 Å². The summed E-state index contributed by atoms with van der Waals surface area (Å²) < 4.78 is 14.2. The Morgan fingerprint density at radius 1 is 1.20 bits per heavy atom. The highest BCUT2D eigenvalue weighted by Gasteiger charge is 2.20. The first-order chi connectivity index (χ1) is 9.63. The summed E-state index contributed by atoms with van der Waals surface area (Å²) in [6.07, 6.45) is 6.11. The van der Waals surface area contributed by atoms with E-state index in [1.807, 2.05) is 32.2 Å². The molecule has 1 aromatic heterocycles. The summed E-state index contributed by atoms with van der Waals surface area (Å²) in [5.41, 5.74) is 4.53. The van der Waals surface area contributed by atoms with Crippen LogP contribution < -0.4 is 5.32 Å². The van der Waals surface area contributed by atoms with Gasteiger partial charge in [0.05, 0.1) is 0 Å². The van der Waals surface area contributed by atoms with Crippen molar-refractivity contribution in [3.8, 4) is 11.1 Å². The average molecular weight is 270 g/mol. The maximum absolute atomic E-state index is 14.2. The van der Waals surface area contributed by atoms with Gasteiger partial charge in [0, 0.05) is 36.1 Å². The van der Waals surface area contributed by atoms with Gasteiger partial charge in [-0.15, -0.1) is 0 Å². The van der Waals surface area contributed by atoms with E-state index in [-0.39, 0.29) is 5.82 Å². The summed E-state index contributed by atoms with van der Waals surface area (Å²) in [6, 6.07) is 6.28. The van der Waals surface area contributed by atoms with Crippen LogP contribution in [-0.2, 0) is 6.54 Å². The SMILES string of the molecule is Cc1cc(C)c(-c2cncc(CNC3CC3)c2)c(F)c1. The monoisotopic (exact) mass is 270 g/mol. The maximum atomic E-state index is 14.2. The lowest BCUT2D eigenvalue weighted by atomic mass is 9.98. The first-order valence-corrected chi connectivity index (χ1v) is 7.08. The molecule has 20 heavy (non-hydrogen) atoms. The fourth-order valence-corrected chi connectivity index (χ4v) is 2.55. The highest BCUT2D eigenvalue weighted by Crippen LogP contribution is 2.28. The first kappa shape index (κ1) is 13.3. The zero-order valence-corrected chi connectivity index (χ0v) is 11.9. The van der Waals surface area contributed by atoms with Crippen molar-refractivity contribution in [3.63, 3.8) is 0 Å². The van der Waals surface area contributed by atoms with Crippen LogP contribution in [-0.4, -0.2) is 11.0 Å². The third-order valence-electron chi connectivity index (χ3n) is 3.69. The second kappa shape index (κ2) is 5.33. The van der Waals surface area contributed by atoms with Gasteiger partial charge >= 0.3 is 0 Å².